The van der Waals surface area contributed by atoms with Crippen LogP contribution in [0.4, 0.5) is 0 Å². The monoisotopic (exact) mass is 340 g/mol. The smallest absolute Gasteiger partial charge is 0.226 e. The molecule has 4 rings (SSSR count). The third kappa shape index (κ3) is 3.01. The summed E-state index contributed by atoms with van der Waals surface area (Å²) >= 11 is 0. The molecule has 1 amide bonds. The minimum absolute atomic E-state index is 0.209. The van der Waals surface area contributed by atoms with E-state index >= 15 is 0 Å². The van der Waals surface area contributed by atoms with Crippen LogP contribution < -0.4 is 5.73 Å². The topological polar surface area (TPSA) is 46.3 Å². The van der Waals surface area contributed by atoms with Gasteiger partial charge < -0.3 is 10.6 Å². The molecule has 25 heavy (non-hydrogen) atoms. The predicted octanol–water partition coefficient (Wildman–Crippen LogP) is 4.12. The number of hydrogen-bond donors (Lipinski definition) is 1. The first kappa shape index (κ1) is 17.1. The van der Waals surface area contributed by atoms with Crippen molar-refractivity contribution >= 4 is 5.91 Å². The average molecular weight is 341 g/mol. The van der Waals surface area contributed by atoms with E-state index in [1.807, 2.05) is 0 Å². The van der Waals surface area contributed by atoms with Gasteiger partial charge in [-0.15, -0.1) is 0 Å². The van der Waals surface area contributed by atoms with Crippen LogP contribution in [0.1, 0.15) is 67.7 Å². The first-order valence-corrected chi connectivity index (χ1v) is 10.2. The summed E-state index contributed by atoms with van der Waals surface area (Å²) < 4.78 is 0. The Morgan fingerprint density at radius 1 is 1.08 bits per heavy atom. The molecule has 0 radical (unpaired) electrons. The van der Waals surface area contributed by atoms with E-state index in [9.17, 15) is 4.79 Å². The lowest BCUT2D eigenvalue weighted by Crippen LogP contribution is -2.49. The van der Waals surface area contributed by atoms with E-state index in [4.69, 9.17) is 5.73 Å². The largest absolute Gasteiger partial charge is 0.335 e. The van der Waals surface area contributed by atoms with E-state index in [0.717, 1.165) is 32.2 Å². The van der Waals surface area contributed by atoms with Crippen LogP contribution >= 0.6 is 0 Å². The molecule has 1 aromatic rings. The summed E-state index contributed by atoms with van der Waals surface area (Å²) in [4.78, 5) is 15.6. The predicted molar refractivity (Wildman–Crippen MR) is 101 cm³/mol. The van der Waals surface area contributed by atoms with E-state index < -0.39 is 0 Å². The Morgan fingerprint density at radius 3 is 2.52 bits per heavy atom. The van der Waals surface area contributed by atoms with Crippen molar-refractivity contribution in [2.45, 2.75) is 70.9 Å². The van der Waals surface area contributed by atoms with Gasteiger partial charge in [0.05, 0.1) is 6.04 Å². The Labute approximate surface area is 152 Å². The van der Waals surface area contributed by atoms with Crippen molar-refractivity contribution in [3.8, 4) is 0 Å². The number of nitrogens with two attached hydrogens (primary N) is 1. The number of likely N-dealkylation sites (tertiary alicyclic amines) is 1. The maximum Gasteiger partial charge on any atom is 0.226 e. The molecule has 3 aliphatic rings. The molecule has 3 nitrogen and oxygen atoms in total. The van der Waals surface area contributed by atoms with Gasteiger partial charge in [-0.2, -0.15) is 0 Å². The van der Waals surface area contributed by atoms with Crippen LogP contribution in [0.15, 0.2) is 18.2 Å². The third-order valence-corrected chi connectivity index (χ3v) is 7.30. The minimum Gasteiger partial charge on any atom is -0.335 e. The molecule has 2 saturated carbocycles. The molecular formula is C22H32N2O. The van der Waals surface area contributed by atoms with Gasteiger partial charge >= 0.3 is 0 Å². The summed E-state index contributed by atoms with van der Waals surface area (Å²) in [6, 6.07) is 7.16. The summed E-state index contributed by atoms with van der Waals surface area (Å²) in [6.07, 6.45) is 8.03. The number of amides is 1. The van der Waals surface area contributed by atoms with Gasteiger partial charge in [-0.3, -0.25) is 4.79 Å². The molecule has 136 valence electrons. The minimum atomic E-state index is 0.209. The van der Waals surface area contributed by atoms with E-state index in [-0.39, 0.29) is 12.0 Å². The number of rotatable bonds is 2. The molecule has 2 N–H and O–H groups in total. The fraction of sp³-hybridized carbons (Fsp3) is 0.682. The Morgan fingerprint density at radius 2 is 1.80 bits per heavy atom. The number of nitrogens with zero attached hydrogens (tertiary/aromatic N) is 1. The fourth-order valence-electron chi connectivity index (χ4n) is 5.71. The summed E-state index contributed by atoms with van der Waals surface area (Å²) in [7, 11) is 0. The highest BCUT2D eigenvalue weighted by atomic mass is 16.2. The molecule has 3 unspecified atom stereocenters. The quantitative estimate of drug-likeness (QED) is 0.880. The van der Waals surface area contributed by atoms with Gasteiger partial charge in [-0.1, -0.05) is 24.6 Å². The van der Waals surface area contributed by atoms with Gasteiger partial charge in [0.15, 0.2) is 0 Å². The first-order chi connectivity index (χ1) is 12.1. The molecule has 1 heterocycles. The number of fused-ring (bicyclic) bond motifs is 2. The number of carbonyl (C=O) groups excluding carboxylic acids is 1. The first-order valence-electron chi connectivity index (χ1n) is 10.2. The molecular weight excluding hydrogens is 308 g/mol. The molecule has 0 aromatic heterocycles. The van der Waals surface area contributed by atoms with Crippen molar-refractivity contribution in [2.75, 3.05) is 6.54 Å². The Kier molecular flexibility index (Phi) is 4.61. The molecule has 3 heteroatoms. The zero-order valence-electron chi connectivity index (χ0n) is 15.7. The maximum absolute atomic E-state index is 13.4. The lowest BCUT2D eigenvalue weighted by atomic mass is 9.65. The van der Waals surface area contributed by atoms with Crippen LogP contribution in [0.25, 0.3) is 0 Å². The summed E-state index contributed by atoms with van der Waals surface area (Å²) in [5, 5.41) is 0. The summed E-state index contributed by atoms with van der Waals surface area (Å²) in [5.74, 6) is 1.76. The SMILES string of the molecule is Cc1cccc(C2CCCN2C(=O)C2CC3CCCC(C2)C3N)c1C. The second kappa shape index (κ2) is 6.75. The van der Waals surface area contributed by atoms with Crippen molar-refractivity contribution in [2.24, 2.45) is 23.5 Å². The third-order valence-electron chi connectivity index (χ3n) is 7.30. The number of hydrogen-bond acceptors (Lipinski definition) is 2. The highest BCUT2D eigenvalue weighted by molar-refractivity contribution is 5.80. The average Bonchev–Trinajstić information content (AvgIpc) is 3.06. The molecule has 3 atom stereocenters. The molecule has 2 aliphatic carbocycles. The van der Waals surface area contributed by atoms with E-state index in [1.165, 1.54) is 36.0 Å². The number of aryl methyl sites for hydroxylation is 1. The lowest BCUT2D eigenvalue weighted by molar-refractivity contribution is -0.139. The number of carbonyl (C=O) groups is 1. The van der Waals surface area contributed by atoms with Gasteiger partial charge in [-0.05, 0) is 80.9 Å². The second-order valence-corrected chi connectivity index (χ2v) is 8.68. The highest BCUT2D eigenvalue weighted by Crippen LogP contribution is 2.44. The Hall–Kier alpha value is -1.35. The van der Waals surface area contributed by atoms with E-state index in [0.29, 0.717) is 23.8 Å². The van der Waals surface area contributed by atoms with Crippen LogP contribution in [0.5, 0.6) is 0 Å². The molecule has 2 bridgehead atoms. The van der Waals surface area contributed by atoms with Crippen molar-refractivity contribution in [1.29, 1.82) is 0 Å². The zero-order chi connectivity index (χ0) is 17.6. The van der Waals surface area contributed by atoms with Crippen LogP contribution in [-0.4, -0.2) is 23.4 Å². The molecule has 3 fully saturated rings. The zero-order valence-corrected chi connectivity index (χ0v) is 15.7. The van der Waals surface area contributed by atoms with Crippen molar-refractivity contribution in [1.82, 2.24) is 4.90 Å². The van der Waals surface area contributed by atoms with Gasteiger partial charge in [0.2, 0.25) is 5.91 Å². The van der Waals surface area contributed by atoms with Crippen LogP contribution in [0.3, 0.4) is 0 Å². The van der Waals surface area contributed by atoms with Gasteiger partial charge in [0.1, 0.15) is 0 Å². The standard InChI is InChI=1S/C22H32N2O/c1-14-6-3-9-19(15(14)2)20-10-5-11-24(20)22(25)18-12-16-7-4-8-17(13-18)21(16)23/h3,6,9,16-18,20-21H,4-5,7-8,10-13,23H2,1-2H3. The Bertz CT molecular complexity index is 641. The van der Waals surface area contributed by atoms with Crippen molar-refractivity contribution < 1.29 is 4.79 Å². The van der Waals surface area contributed by atoms with Gasteiger partial charge in [0.25, 0.3) is 0 Å². The molecule has 1 saturated heterocycles. The van der Waals surface area contributed by atoms with Crippen LogP contribution in [0.2, 0.25) is 0 Å². The van der Waals surface area contributed by atoms with Crippen LogP contribution in [0, 0.1) is 31.6 Å². The van der Waals surface area contributed by atoms with E-state index in [1.54, 1.807) is 0 Å². The highest BCUT2D eigenvalue weighted by Gasteiger charge is 2.43. The molecule has 1 aromatic carbocycles. The molecule has 1 aliphatic heterocycles. The van der Waals surface area contributed by atoms with Gasteiger partial charge in [-0.25, -0.2) is 0 Å². The summed E-state index contributed by atoms with van der Waals surface area (Å²) in [6.45, 7) is 5.30. The summed E-state index contributed by atoms with van der Waals surface area (Å²) in [5.41, 5.74) is 10.5. The van der Waals surface area contributed by atoms with E-state index in [2.05, 4.69) is 36.9 Å². The number of benzene rings is 1. The normalized spacial score (nSPS) is 35.0. The maximum atomic E-state index is 13.4. The van der Waals surface area contributed by atoms with Crippen molar-refractivity contribution in [3.63, 3.8) is 0 Å². The van der Waals surface area contributed by atoms with Gasteiger partial charge in [0, 0.05) is 18.5 Å². The molecule has 0 spiro atoms. The van der Waals surface area contributed by atoms with Crippen molar-refractivity contribution in [3.05, 3.63) is 34.9 Å². The second-order valence-electron chi connectivity index (χ2n) is 8.68. The fourth-order valence-corrected chi connectivity index (χ4v) is 5.71. The Balaban J connectivity index is 1.54. The van der Waals surface area contributed by atoms with Crippen LogP contribution in [-0.2, 0) is 4.79 Å². The lowest BCUT2D eigenvalue weighted by Gasteiger charge is -2.44.